The van der Waals surface area contributed by atoms with E-state index in [-0.39, 0.29) is 0 Å². The number of hydrogen-bond donors (Lipinski definition) is 0. The van der Waals surface area contributed by atoms with Crippen LogP contribution in [0.1, 0.15) is 42.7 Å². The molecule has 2 heteroatoms. The molecule has 0 saturated heterocycles. The summed E-state index contributed by atoms with van der Waals surface area (Å²) in [7, 11) is 0. The molecule has 2 unspecified atom stereocenters. The molecule has 0 N–H and O–H groups in total. The summed E-state index contributed by atoms with van der Waals surface area (Å²) in [5.74, 6) is 0.526. The van der Waals surface area contributed by atoms with Crippen LogP contribution in [0.4, 0.5) is 0 Å². The van der Waals surface area contributed by atoms with E-state index < -0.39 is 0 Å². The molecule has 2 rings (SSSR count). The van der Waals surface area contributed by atoms with Crippen molar-refractivity contribution < 1.29 is 0 Å². The van der Waals surface area contributed by atoms with E-state index in [1.165, 1.54) is 30.4 Å². The number of aryl methyl sites for hydroxylation is 1. The highest BCUT2D eigenvalue weighted by Gasteiger charge is 2.24. The Labute approximate surface area is 90.5 Å². The second kappa shape index (κ2) is 4.31. The second-order valence-corrected chi connectivity index (χ2v) is 4.76. The molecule has 0 bridgehead atoms. The van der Waals surface area contributed by atoms with E-state index in [2.05, 4.69) is 18.0 Å². The Kier molecular flexibility index (Phi) is 3.07. The highest BCUT2D eigenvalue weighted by molar-refractivity contribution is 6.21. The van der Waals surface area contributed by atoms with Crippen molar-refractivity contribution in [2.24, 2.45) is 0 Å². The zero-order chi connectivity index (χ0) is 9.97. The van der Waals surface area contributed by atoms with Gasteiger partial charge in [0, 0.05) is 23.7 Å². The van der Waals surface area contributed by atoms with Gasteiger partial charge in [-0.25, -0.2) is 0 Å². The van der Waals surface area contributed by atoms with Crippen LogP contribution in [0.5, 0.6) is 0 Å². The van der Waals surface area contributed by atoms with Gasteiger partial charge in [0.2, 0.25) is 0 Å². The van der Waals surface area contributed by atoms with Crippen molar-refractivity contribution in [3.8, 4) is 0 Å². The highest BCUT2D eigenvalue weighted by atomic mass is 35.5. The van der Waals surface area contributed by atoms with Crippen molar-refractivity contribution in [3.63, 3.8) is 0 Å². The van der Waals surface area contributed by atoms with Gasteiger partial charge >= 0.3 is 0 Å². The quantitative estimate of drug-likeness (QED) is 0.644. The third kappa shape index (κ3) is 2.09. The smallest absolute Gasteiger partial charge is 0.0405 e. The lowest BCUT2D eigenvalue weighted by atomic mass is 9.84. The van der Waals surface area contributed by atoms with Crippen LogP contribution in [0.2, 0.25) is 0 Å². The monoisotopic (exact) mass is 209 g/mol. The summed E-state index contributed by atoms with van der Waals surface area (Å²) < 4.78 is 0. The van der Waals surface area contributed by atoms with Gasteiger partial charge in [-0.05, 0) is 30.9 Å². The molecule has 0 aromatic carbocycles. The van der Waals surface area contributed by atoms with E-state index >= 15 is 0 Å². The van der Waals surface area contributed by atoms with Crippen LogP contribution in [0.25, 0.3) is 0 Å². The number of alkyl halides is 1. The van der Waals surface area contributed by atoms with E-state index in [0.717, 1.165) is 6.42 Å². The van der Waals surface area contributed by atoms with E-state index in [1.54, 1.807) is 0 Å². The third-order valence-corrected chi connectivity index (χ3v) is 3.53. The summed E-state index contributed by atoms with van der Waals surface area (Å²) in [6.07, 6.45) is 8.83. The SMILES string of the molecule is Cc1cncc(C2CCCCC2Cl)c1. The van der Waals surface area contributed by atoms with Crippen molar-refractivity contribution in [2.75, 3.05) is 0 Å². The Morgan fingerprint density at radius 2 is 2.07 bits per heavy atom. The Morgan fingerprint density at radius 3 is 2.79 bits per heavy atom. The van der Waals surface area contributed by atoms with Gasteiger partial charge in [0.1, 0.15) is 0 Å². The molecule has 0 amide bonds. The molecule has 1 heterocycles. The minimum Gasteiger partial charge on any atom is -0.264 e. The average Bonchev–Trinajstić information content (AvgIpc) is 2.18. The molecule has 76 valence electrons. The molecule has 1 aromatic rings. The predicted molar refractivity (Wildman–Crippen MR) is 59.8 cm³/mol. The van der Waals surface area contributed by atoms with Crippen molar-refractivity contribution >= 4 is 11.6 Å². The van der Waals surface area contributed by atoms with Gasteiger partial charge in [0.25, 0.3) is 0 Å². The molecular formula is C12H16ClN. The molecule has 1 aliphatic rings. The van der Waals surface area contributed by atoms with Gasteiger partial charge in [-0.2, -0.15) is 0 Å². The van der Waals surface area contributed by atoms with Crippen molar-refractivity contribution in [3.05, 3.63) is 29.6 Å². The number of pyridine rings is 1. The molecule has 2 atom stereocenters. The summed E-state index contributed by atoms with van der Waals surface area (Å²) >= 11 is 6.34. The largest absolute Gasteiger partial charge is 0.264 e. The number of hydrogen-bond acceptors (Lipinski definition) is 1. The van der Waals surface area contributed by atoms with Gasteiger partial charge in [0.15, 0.2) is 0 Å². The molecule has 14 heavy (non-hydrogen) atoms. The van der Waals surface area contributed by atoms with Crippen LogP contribution < -0.4 is 0 Å². The normalized spacial score (nSPS) is 27.6. The minimum absolute atomic E-state index is 0.312. The molecule has 0 radical (unpaired) electrons. The molecule has 0 spiro atoms. The summed E-state index contributed by atoms with van der Waals surface area (Å²) in [5, 5.41) is 0.312. The zero-order valence-electron chi connectivity index (χ0n) is 8.54. The van der Waals surface area contributed by atoms with E-state index in [4.69, 9.17) is 11.6 Å². The average molecular weight is 210 g/mol. The minimum atomic E-state index is 0.312. The van der Waals surface area contributed by atoms with Gasteiger partial charge < -0.3 is 0 Å². The standard InChI is InChI=1S/C12H16ClN/c1-9-6-10(8-14-7-9)11-4-2-3-5-12(11)13/h6-8,11-12H,2-5H2,1H3. The maximum absolute atomic E-state index is 6.34. The van der Waals surface area contributed by atoms with Gasteiger partial charge in [-0.15, -0.1) is 11.6 Å². The molecule has 1 fully saturated rings. The fourth-order valence-electron chi connectivity index (χ4n) is 2.24. The molecule has 1 aromatic heterocycles. The topological polar surface area (TPSA) is 12.9 Å². The fraction of sp³-hybridized carbons (Fsp3) is 0.583. The first-order chi connectivity index (χ1) is 6.77. The van der Waals surface area contributed by atoms with E-state index in [1.807, 2.05) is 12.4 Å². The van der Waals surface area contributed by atoms with Crippen LogP contribution in [-0.4, -0.2) is 10.4 Å². The molecule has 0 aliphatic heterocycles. The summed E-state index contributed by atoms with van der Waals surface area (Å²) in [6.45, 7) is 2.09. The molecule has 1 saturated carbocycles. The van der Waals surface area contributed by atoms with Crippen molar-refractivity contribution in [1.29, 1.82) is 0 Å². The maximum Gasteiger partial charge on any atom is 0.0405 e. The Hall–Kier alpha value is -0.560. The van der Waals surface area contributed by atoms with Crippen molar-refractivity contribution in [2.45, 2.75) is 43.9 Å². The van der Waals surface area contributed by atoms with Crippen LogP contribution in [0.3, 0.4) is 0 Å². The van der Waals surface area contributed by atoms with Gasteiger partial charge in [-0.3, -0.25) is 4.98 Å². The lowest BCUT2D eigenvalue weighted by Gasteiger charge is -2.27. The van der Waals surface area contributed by atoms with Crippen LogP contribution in [0, 0.1) is 6.92 Å². The number of nitrogens with zero attached hydrogens (tertiary/aromatic N) is 1. The Balaban J connectivity index is 2.20. The second-order valence-electron chi connectivity index (χ2n) is 4.20. The summed E-state index contributed by atoms with van der Waals surface area (Å²) in [4.78, 5) is 4.24. The van der Waals surface area contributed by atoms with Crippen molar-refractivity contribution in [1.82, 2.24) is 4.98 Å². The highest BCUT2D eigenvalue weighted by Crippen LogP contribution is 2.36. The molecular weight excluding hydrogens is 194 g/mol. The Bertz CT molecular complexity index is 311. The maximum atomic E-state index is 6.34. The zero-order valence-corrected chi connectivity index (χ0v) is 9.30. The lowest BCUT2D eigenvalue weighted by molar-refractivity contribution is 0.450. The number of halogens is 1. The summed E-state index contributed by atoms with van der Waals surface area (Å²) in [5.41, 5.74) is 2.56. The number of rotatable bonds is 1. The van der Waals surface area contributed by atoms with E-state index in [0.29, 0.717) is 11.3 Å². The van der Waals surface area contributed by atoms with E-state index in [9.17, 15) is 0 Å². The van der Waals surface area contributed by atoms with Gasteiger partial charge in [0.05, 0.1) is 0 Å². The lowest BCUT2D eigenvalue weighted by Crippen LogP contribution is -2.17. The molecule has 1 aliphatic carbocycles. The predicted octanol–water partition coefficient (Wildman–Crippen LogP) is 3.66. The summed E-state index contributed by atoms with van der Waals surface area (Å²) in [6, 6.07) is 2.22. The first-order valence-corrected chi connectivity index (χ1v) is 5.76. The fourth-order valence-corrected chi connectivity index (χ4v) is 2.67. The van der Waals surface area contributed by atoms with Gasteiger partial charge in [-0.1, -0.05) is 18.9 Å². The first-order valence-electron chi connectivity index (χ1n) is 5.33. The van der Waals surface area contributed by atoms with Crippen LogP contribution in [0.15, 0.2) is 18.5 Å². The Morgan fingerprint density at radius 1 is 1.29 bits per heavy atom. The third-order valence-electron chi connectivity index (χ3n) is 3.01. The first kappa shape index (κ1) is 9.97. The van der Waals surface area contributed by atoms with Crippen LogP contribution >= 0.6 is 11.6 Å². The number of aromatic nitrogens is 1. The molecule has 1 nitrogen and oxygen atoms in total. The van der Waals surface area contributed by atoms with Crippen LogP contribution in [-0.2, 0) is 0 Å².